The first-order chi connectivity index (χ1) is 5.41. The Hall–Kier alpha value is -1.33. The molecule has 0 spiro atoms. The molecule has 12 heavy (non-hydrogen) atoms. The van der Waals surface area contributed by atoms with Gasteiger partial charge in [0, 0.05) is 6.20 Å². The number of aryl methyl sites for hydroxylation is 1. The maximum absolute atomic E-state index is 12.0. The van der Waals surface area contributed by atoms with Crippen LogP contribution < -0.4 is 5.69 Å². The molecule has 0 amide bonds. The van der Waals surface area contributed by atoms with Crippen molar-refractivity contribution in [1.29, 1.82) is 0 Å². The molecule has 0 aliphatic rings. The third kappa shape index (κ3) is 1.63. The molecule has 0 aliphatic carbocycles. The summed E-state index contributed by atoms with van der Waals surface area (Å²) in [4.78, 5) is 15.2. The molecule has 1 heterocycles. The molecule has 0 unspecified atom stereocenters. The monoisotopic (exact) mass is 178 g/mol. The third-order valence-electron chi connectivity index (χ3n) is 1.29. The molecular weight excluding hydrogens is 173 g/mol. The fourth-order valence-electron chi connectivity index (χ4n) is 0.752. The molecule has 3 nitrogen and oxygen atoms in total. The summed E-state index contributed by atoms with van der Waals surface area (Å²) >= 11 is 0. The molecule has 0 aliphatic heterocycles. The van der Waals surface area contributed by atoms with Gasteiger partial charge >= 0.3 is 11.9 Å². The van der Waals surface area contributed by atoms with Crippen LogP contribution in [0.2, 0.25) is 0 Å². The van der Waals surface area contributed by atoms with Crippen molar-refractivity contribution in [2.24, 2.45) is 0 Å². The molecule has 1 N–H and O–H groups in total. The first-order valence-corrected chi connectivity index (χ1v) is 3.04. The van der Waals surface area contributed by atoms with Gasteiger partial charge in [-0.05, 0) is 12.5 Å². The number of hydrogen-bond acceptors (Lipinski definition) is 2. The van der Waals surface area contributed by atoms with E-state index in [2.05, 4.69) is 4.98 Å². The Morgan fingerprint density at radius 3 is 2.50 bits per heavy atom. The van der Waals surface area contributed by atoms with E-state index in [9.17, 15) is 18.0 Å². The van der Waals surface area contributed by atoms with E-state index < -0.39 is 17.6 Å². The van der Waals surface area contributed by atoms with Crippen LogP contribution in [0.5, 0.6) is 0 Å². The summed E-state index contributed by atoms with van der Waals surface area (Å²) in [7, 11) is 0. The number of halogens is 3. The van der Waals surface area contributed by atoms with Crippen molar-refractivity contribution in [1.82, 2.24) is 9.97 Å². The lowest BCUT2D eigenvalue weighted by Crippen LogP contribution is -2.19. The van der Waals surface area contributed by atoms with Gasteiger partial charge in [-0.15, -0.1) is 0 Å². The number of aromatic nitrogens is 2. The highest BCUT2D eigenvalue weighted by Crippen LogP contribution is 2.28. The Morgan fingerprint density at radius 1 is 1.50 bits per heavy atom. The maximum Gasteiger partial charge on any atom is 0.431 e. The third-order valence-corrected chi connectivity index (χ3v) is 1.29. The Kier molecular flexibility index (Phi) is 1.91. The molecule has 6 heteroatoms. The molecule has 1 aromatic rings. The van der Waals surface area contributed by atoms with E-state index in [4.69, 9.17) is 0 Å². The van der Waals surface area contributed by atoms with Gasteiger partial charge in [0.05, 0.1) is 0 Å². The normalized spacial score (nSPS) is 11.7. The van der Waals surface area contributed by atoms with Gasteiger partial charge in [-0.1, -0.05) is 0 Å². The number of aromatic amines is 1. The Balaban J connectivity index is 3.33. The second-order valence-electron chi connectivity index (χ2n) is 2.24. The predicted molar refractivity (Wildman–Crippen MR) is 34.6 cm³/mol. The molecule has 0 atom stereocenters. The highest BCUT2D eigenvalue weighted by molar-refractivity contribution is 5.16. The molecule has 66 valence electrons. The van der Waals surface area contributed by atoms with Gasteiger partial charge < -0.3 is 4.98 Å². The van der Waals surface area contributed by atoms with Gasteiger partial charge in [-0.3, -0.25) is 0 Å². The van der Waals surface area contributed by atoms with E-state index >= 15 is 0 Å². The molecule has 1 rings (SSSR count). The molecular formula is C6H5F3N2O. The van der Waals surface area contributed by atoms with Gasteiger partial charge in [-0.2, -0.15) is 13.2 Å². The Labute approximate surface area is 65.3 Å². The van der Waals surface area contributed by atoms with Crippen LogP contribution in [0.4, 0.5) is 13.2 Å². The maximum atomic E-state index is 12.0. The lowest BCUT2D eigenvalue weighted by Gasteiger charge is -2.07. The minimum atomic E-state index is -4.52. The van der Waals surface area contributed by atoms with Crippen LogP contribution in [0, 0.1) is 6.92 Å². The molecule has 0 saturated carbocycles. The van der Waals surface area contributed by atoms with Gasteiger partial charge in [0.25, 0.3) is 0 Å². The van der Waals surface area contributed by atoms with Crippen LogP contribution in [0.1, 0.15) is 11.3 Å². The minimum absolute atomic E-state index is 0.0953. The minimum Gasteiger partial charge on any atom is -0.301 e. The lowest BCUT2D eigenvalue weighted by atomic mass is 10.2. The summed E-state index contributed by atoms with van der Waals surface area (Å²) in [5, 5.41) is 0. The van der Waals surface area contributed by atoms with Crippen LogP contribution in [0.25, 0.3) is 0 Å². The fraction of sp³-hybridized carbons (Fsp3) is 0.333. The van der Waals surface area contributed by atoms with Crippen molar-refractivity contribution in [3.63, 3.8) is 0 Å². The van der Waals surface area contributed by atoms with Crippen molar-refractivity contribution in [2.75, 3.05) is 0 Å². The quantitative estimate of drug-likeness (QED) is 0.646. The van der Waals surface area contributed by atoms with Gasteiger partial charge in [0.15, 0.2) is 0 Å². The Bertz CT molecular complexity index is 341. The van der Waals surface area contributed by atoms with E-state index in [0.717, 1.165) is 6.20 Å². The van der Waals surface area contributed by atoms with Gasteiger partial charge in [-0.25, -0.2) is 9.78 Å². The molecule has 0 fully saturated rings. The summed E-state index contributed by atoms with van der Waals surface area (Å²) < 4.78 is 36.1. The largest absolute Gasteiger partial charge is 0.431 e. The standard InChI is InChI=1S/C6H5F3N2O/c1-3-2-10-5(12)11-4(3)6(7,8)9/h2H,1H3,(H,10,11,12). The summed E-state index contributed by atoms with van der Waals surface area (Å²) in [6.07, 6.45) is -3.63. The molecule has 0 radical (unpaired) electrons. The van der Waals surface area contributed by atoms with E-state index in [1.165, 1.54) is 6.92 Å². The van der Waals surface area contributed by atoms with E-state index in [-0.39, 0.29) is 5.56 Å². The van der Waals surface area contributed by atoms with Crippen molar-refractivity contribution in [2.45, 2.75) is 13.1 Å². The highest BCUT2D eigenvalue weighted by atomic mass is 19.4. The van der Waals surface area contributed by atoms with Gasteiger partial charge in [0.1, 0.15) is 5.69 Å². The number of H-pyrrole nitrogens is 1. The number of alkyl halides is 3. The predicted octanol–water partition coefficient (Wildman–Crippen LogP) is 1.10. The average molecular weight is 178 g/mol. The average Bonchev–Trinajstić information content (AvgIpc) is 1.92. The lowest BCUT2D eigenvalue weighted by molar-refractivity contribution is -0.141. The zero-order valence-corrected chi connectivity index (χ0v) is 6.07. The summed E-state index contributed by atoms with van der Waals surface area (Å²) in [5.74, 6) is 0. The van der Waals surface area contributed by atoms with E-state index in [0.29, 0.717) is 0 Å². The smallest absolute Gasteiger partial charge is 0.301 e. The van der Waals surface area contributed by atoms with Gasteiger partial charge in [0.2, 0.25) is 0 Å². The second-order valence-corrected chi connectivity index (χ2v) is 2.24. The van der Waals surface area contributed by atoms with Crippen molar-refractivity contribution in [3.8, 4) is 0 Å². The summed E-state index contributed by atoms with van der Waals surface area (Å²) in [5.41, 5.74) is -2.13. The van der Waals surface area contributed by atoms with Crippen molar-refractivity contribution in [3.05, 3.63) is 27.9 Å². The number of nitrogens with one attached hydrogen (secondary N) is 1. The summed E-state index contributed by atoms with van der Waals surface area (Å²) in [6.45, 7) is 1.23. The zero-order valence-electron chi connectivity index (χ0n) is 6.07. The van der Waals surface area contributed by atoms with Crippen LogP contribution in [-0.4, -0.2) is 9.97 Å². The van der Waals surface area contributed by atoms with Crippen molar-refractivity contribution >= 4 is 0 Å². The van der Waals surface area contributed by atoms with E-state index in [1.54, 1.807) is 4.98 Å². The molecule has 1 aromatic heterocycles. The topological polar surface area (TPSA) is 45.8 Å². The number of rotatable bonds is 0. The van der Waals surface area contributed by atoms with Crippen LogP contribution >= 0.6 is 0 Å². The fourth-order valence-corrected chi connectivity index (χ4v) is 0.752. The SMILES string of the molecule is Cc1cnc(=O)[nH]c1C(F)(F)F. The Morgan fingerprint density at radius 2 is 2.08 bits per heavy atom. The molecule has 0 bridgehead atoms. The zero-order chi connectivity index (χ0) is 9.35. The molecule has 0 aromatic carbocycles. The van der Waals surface area contributed by atoms with Crippen LogP contribution in [-0.2, 0) is 6.18 Å². The summed E-state index contributed by atoms with van der Waals surface area (Å²) in [6, 6.07) is 0. The highest BCUT2D eigenvalue weighted by Gasteiger charge is 2.33. The van der Waals surface area contributed by atoms with E-state index in [1.807, 2.05) is 0 Å². The molecule has 0 saturated heterocycles. The number of hydrogen-bond donors (Lipinski definition) is 1. The first kappa shape index (κ1) is 8.76. The number of nitrogens with zero attached hydrogens (tertiary/aromatic N) is 1. The van der Waals surface area contributed by atoms with Crippen LogP contribution in [0.3, 0.4) is 0 Å². The first-order valence-electron chi connectivity index (χ1n) is 3.04. The van der Waals surface area contributed by atoms with Crippen LogP contribution in [0.15, 0.2) is 11.0 Å². The van der Waals surface area contributed by atoms with Crippen molar-refractivity contribution < 1.29 is 13.2 Å². The second kappa shape index (κ2) is 2.62.